The van der Waals surface area contributed by atoms with Gasteiger partial charge in [0.05, 0.1) is 5.69 Å². The number of allylic oxidation sites excluding steroid dienone is 1. The minimum atomic E-state index is -0.452. The van der Waals surface area contributed by atoms with Gasteiger partial charge in [-0.1, -0.05) is 24.3 Å². The van der Waals surface area contributed by atoms with Crippen molar-refractivity contribution in [3.8, 4) is 11.3 Å². The molecule has 16 heavy (non-hydrogen) atoms. The molecule has 2 rings (SSSR count). The van der Waals surface area contributed by atoms with Crippen molar-refractivity contribution < 1.29 is 4.39 Å². The van der Waals surface area contributed by atoms with E-state index in [0.29, 0.717) is 0 Å². The molecular weight excluding hydrogens is 203 g/mol. The third-order valence-electron chi connectivity index (χ3n) is 2.10. The molecule has 1 aromatic heterocycles. The number of benzene rings is 1. The van der Waals surface area contributed by atoms with E-state index in [2.05, 4.69) is 17.1 Å². The summed E-state index contributed by atoms with van der Waals surface area (Å²) in [6.07, 6.45) is 3.00. The minimum absolute atomic E-state index is 0.452. The first kappa shape index (κ1) is 10.5. The van der Waals surface area contributed by atoms with Gasteiger partial charge in [-0.2, -0.15) is 10.2 Å². The highest BCUT2D eigenvalue weighted by Crippen LogP contribution is 2.17. The van der Waals surface area contributed by atoms with E-state index >= 15 is 0 Å². The van der Waals surface area contributed by atoms with Gasteiger partial charge in [-0.05, 0) is 23.8 Å². The van der Waals surface area contributed by atoms with Crippen molar-refractivity contribution in [3.05, 3.63) is 60.9 Å². The van der Waals surface area contributed by atoms with Gasteiger partial charge in [-0.3, -0.25) is 0 Å². The lowest BCUT2D eigenvalue weighted by atomic mass is 10.1. The Kier molecular flexibility index (Phi) is 3.05. The zero-order chi connectivity index (χ0) is 11.4. The van der Waals surface area contributed by atoms with E-state index in [1.165, 1.54) is 6.08 Å². The summed E-state index contributed by atoms with van der Waals surface area (Å²) in [5.41, 5.74) is 2.53. The molecule has 0 spiro atoms. The average Bonchev–Trinajstić information content (AvgIpc) is 2.30. The van der Waals surface area contributed by atoms with Crippen LogP contribution in [0.4, 0.5) is 4.39 Å². The lowest BCUT2D eigenvalue weighted by molar-refractivity contribution is 0.673. The normalized spacial score (nSPS) is 11.5. The fraction of sp³-hybridized carbons (Fsp3) is 0. The van der Waals surface area contributed by atoms with Crippen LogP contribution in [0.1, 0.15) is 5.56 Å². The van der Waals surface area contributed by atoms with E-state index in [-0.39, 0.29) is 0 Å². The molecule has 0 atom stereocenters. The van der Waals surface area contributed by atoms with Crippen molar-refractivity contribution in [1.82, 2.24) is 10.2 Å². The molecule has 0 saturated carbocycles. The van der Waals surface area contributed by atoms with Crippen LogP contribution in [-0.4, -0.2) is 10.2 Å². The molecule has 0 amide bonds. The molecule has 0 fully saturated rings. The van der Waals surface area contributed by atoms with Gasteiger partial charge >= 0.3 is 0 Å². The maximum Gasteiger partial charge on any atom is 0.101 e. The predicted octanol–water partition coefficient (Wildman–Crippen LogP) is 3.29. The summed E-state index contributed by atoms with van der Waals surface area (Å²) in [4.78, 5) is 0. The van der Waals surface area contributed by atoms with Gasteiger partial charge in [0.25, 0.3) is 0 Å². The molecule has 1 heterocycles. The van der Waals surface area contributed by atoms with Crippen molar-refractivity contribution in [1.29, 1.82) is 0 Å². The molecule has 79 valence electrons. The van der Waals surface area contributed by atoms with Crippen LogP contribution in [0.25, 0.3) is 17.3 Å². The van der Waals surface area contributed by atoms with Crippen LogP contribution in [0.15, 0.2) is 48.4 Å². The Balaban J connectivity index is 2.30. The van der Waals surface area contributed by atoms with Crippen LogP contribution < -0.4 is 0 Å². The quantitative estimate of drug-likeness (QED) is 0.765. The van der Waals surface area contributed by atoms with Crippen LogP contribution in [0.2, 0.25) is 0 Å². The second-order valence-electron chi connectivity index (χ2n) is 3.32. The summed E-state index contributed by atoms with van der Waals surface area (Å²) in [7, 11) is 0. The zero-order valence-corrected chi connectivity index (χ0v) is 8.60. The molecule has 1 aromatic carbocycles. The molecule has 0 N–H and O–H groups in total. The van der Waals surface area contributed by atoms with Crippen molar-refractivity contribution >= 4 is 6.08 Å². The molecule has 0 aliphatic carbocycles. The first-order valence-corrected chi connectivity index (χ1v) is 4.83. The summed E-state index contributed by atoms with van der Waals surface area (Å²) in [6, 6.07) is 11.1. The van der Waals surface area contributed by atoms with Crippen LogP contribution in [-0.2, 0) is 0 Å². The van der Waals surface area contributed by atoms with Gasteiger partial charge in [-0.25, -0.2) is 4.39 Å². The molecule has 3 heteroatoms. The van der Waals surface area contributed by atoms with E-state index in [9.17, 15) is 4.39 Å². The monoisotopic (exact) mass is 213 g/mol. The standard InChI is InChI=1S/C13H10FN2/c1-10(14)9-11-4-6-12(7-5-11)13-3-2-8-15-16-13/h2-9H,1H2/b10-9+. The first-order valence-electron chi connectivity index (χ1n) is 4.83. The van der Waals surface area contributed by atoms with E-state index in [0.717, 1.165) is 16.8 Å². The third-order valence-corrected chi connectivity index (χ3v) is 2.10. The molecule has 0 aliphatic rings. The lowest BCUT2D eigenvalue weighted by Crippen LogP contribution is -1.85. The summed E-state index contributed by atoms with van der Waals surface area (Å²) in [5.74, 6) is -0.452. The first-order chi connectivity index (χ1) is 7.75. The maximum atomic E-state index is 12.5. The van der Waals surface area contributed by atoms with Gasteiger partial charge < -0.3 is 0 Å². The largest absolute Gasteiger partial charge is 0.212 e. The molecule has 2 nitrogen and oxygen atoms in total. The Morgan fingerprint density at radius 1 is 1.19 bits per heavy atom. The van der Waals surface area contributed by atoms with Crippen LogP contribution in [0, 0.1) is 6.92 Å². The van der Waals surface area contributed by atoms with E-state index in [1.807, 2.05) is 36.4 Å². The summed E-state index contributed by atoms with van der Waals surface area (Å²) >= 11 is 0. The Bertz CT molecular complexity index is 485. The number of hydrogen-bond donors (Lipinski definition) is 0. The summed E-state index contributed by atoms with van der Waals surface area (Å²) in [6.45, 7) is 3.19. The number of rotatable bonds is 2. The van der Waals surface area contributed by atoms with Gasteiger partial charge in [0, 0.05) is 18.7 Å². The Labute approximate surface area is 93.5 Å². The molecule has 0 bridgehead atoms. The number of aromatic nitrogens is 2. The van der Waals surface area contributed by atoms with Gasteiger partial charge in [0.2, 0.25) is 0 Å². The molecule has 0 aliphatic heterocycles. The van der Waals surface area contributed by atoms with Crippen LogP contribution >= 0.6 is 0 Å². The second kappa shape index (κ2) is 4.66. The van der Waals surface area contributed by atoms with E-state index in [4.69, 9.17) is 0 Å². The van der Waals surface area contributed by atoms with Crippen LogP contribution in [0.5, 0.6) is 0 Å². The topological polar surface area (TPSA) is 25.8 Å². The zero-order valence-electron chi connectivity index (χ0n) is 8.60. The predicted molar refractivity (Wildman–Crippen MR) is 61.9 cm³/mol. The highest BCUT2D eigenvalue weighted by Gasteiger charge is 1.98. The Morgan fingerprint density at radius 3 is 2.50 bits per heavy atom. The summed E-state index contributed by atoms with van der Waals surface area (Å²) < 4.78 is 12.5. The second-order valence-corrected chi connectivity index (χ2v) is 3.32. The number of halogens is 1. The smallest absolute Gasteiger partial charge is 0.101 e. The van der Waals surface area contributed by atoms with E-state index < -0.39 is 5.83 Å². The molecule has 0 unspecified atom stereocenters. The third kappa shape index (κ3) is 2.51. The average molecular weight is 213 g/mol. The van der Waals surface area contributed by atoms with Gasteiger partial charge in [0.15, 0.2) is 0 Å². The summed E-state index contributed by atoms with van der Waals surface area (Å²) in [5, 5.41) is 7.79. The van der Waals surface area contributed by atoms with Crippen molar-refractivity contribution in [3.63, 3.8) is 0 Å². The fourth-order valence-corrected chi connectivity index (χ4v) is 1.39. The Hall–Kier alpha value is -2.03. The maximum absolute atomic E-state index is 12.5. The van der Waals surface area contributed by atoms with E-state index in [1.54, 1.807) is 6.20 Å². The van der Waals surface area contributed by atoms with Crippen molar-refractivity contribution in [2.45, 2.75) is 0 Å². The molecular formula is C13H10FN2. The number of hydrogen-bond acceptors (Lipinski definition) is 2. The van der Waals surface area contributed by atoms with Crippen molar-refractivity contribution in [2.75, 3.05) is 0 Å². The molecule has 0 saturated heterocycles. The Morgan fingerprint density at radius 2 is 1.94 bits per heavy atom. The van der Waals surface area contributed by atoms with Gasteiger partial charge in [-0.15, -0.1) is 0 Å². The van der Waals surface area contributed by atoms with Gasteiger partial charge in [0.1, 0.15) is 5.83 Å². The molecule has 2 aromatic rings. The number of nitrogens with zero attached hydrogens (tertiary/aromatic N) is 2. The SMILES string of the molecule is [CH2]/C(F)=C\c1ccc(-c2cccnn2)cc1. The fourth-order valence-electron chi connectivity index (χ4n) is 1.39. The minimum Gasteiger partial charge on any atom is -0.212 e. The molecule has 1 radical (unpaired) electrons. The van der Waals surface area contributed by atoms with Crippen LogP contribution in [0.3, 0.4) is 0 Å². The lowest BCUT2D eigenvalue weighted by Gasteiger charge is -1.99. The highest BCUT2D eigenvalue weighted by molar-refractivity contribution is 5.62. The van der Waals surface area contributed by atoms with Crippen molar-refractivity contribution in [2.24, 2.45) is 0 Å². The highest BCUT2D eigenvalue weighted by atomic mass is 19.1.